The Labute approximate surface area is 557 Å². The molecule has 0 saturated carbocycles. The molecule has 95 heavy (non-hydrogen) atoms. The van der Waals surface area contributed by atoms with Crippen LogP contribution in [0.2, 0.25) is 0 Å². The first-order valence-electron chi connectivity index (χ1n) is 33.5. The summed E-state index contributed by atoms with van der Waals surface area (Å²) in [4.78, 5) is 168. The van der Waals surface area contributed by atoms with Crippen molar-refractivity contribution in [3.63, 3.8) is 0 Å². The summed E-state index contributed by atoms with van der Waals surface area (Å²) in [5.74, 6) is -11.9. The Morgan fingerprint density at radius 3 is 1.57 bits per heavy atom. The monoisotopic (exact) mass is 1340 g/mol. The number of amides is 11. The molecule has 0 spiro atoms. The van der Waals surface area contributed by atoms with E-state index in [2.05, 4.69) is 53.2 Å². The first-order valence-corrected chi connectivity index (χ1v) is 33.5. The lowest BCUT2D eigenvalue weighted by molar-refractivity contribution is -0.145. The van der Waals surface area contributed by atoms with E-state index in [0.29, 0.717) is 76.4 Å². The topological polar surface area (TPSA) is 500 Å². The van der Waals surface area contributed by atoms with Gasteiger partial charge in [-0.25, -0.2) is 4.79 Å². The van der Waals surface area contributed by atoms with E-state index in [-0.39, 0.29) is 64.1 Å². The van der Waals surface area contributed by atoms with Gasteiger partial charge in [-0.3, -0.25) is 58.1 Å². The lowest BCUT2D eigenvalue weighted by Crippen LogP contribution is -2.61. The van der Waals surface area contributed by atoms with Gasteiger partial charge in [0.05, 0.1) is 19.2 Å². The Balaban J connectivity index is 1.72. The van der Waals surface area contributed by atoms with Gasteiger partial charge in [0.2, 0.25) is 65.0 Å². The van der Waals surface area contributed by atoms with E-state index in [4.69, 9.17) is 28.3 Å². The molecule has 1 aromatic rings. The highest BCUT2D eigenvalue weighted by Gasteiger charge is 2.43. The number of aliphatic hydroxyl groups is 1. The van der Waals surface area contributed by atoms with E-state index in [9.17, 15) is 67.7 Å². The van der Waals surface area contributed by atoms with Gasteiger partial charge in [-0.1, -0.05) is 105 Å². The largest absolute Gasteiger partial charge is 0.480 e. The summed E-state index contributed by atoms with van der Waals surface area (Å²) in [5, 5.41) is 54.4. The minimum Gasteiger partial charge on any atom is -0.480 e. The quantitative estimate of drug-likeness (QED) is 0.0183. The van der Waals surface area contributed by atoms with Crippen LogP contribution in [0.5, 0.6) is 0 Å². The first-order chi connectivity index (χ1) is 45.0. The van der Waals surface area contributed by atoms with E-state index in [1.807, 2.05) is 0 Å². The number of nitrogens with one attached hydrogen (secondary N) is 11. The Morgan fingerprint density at radius 2 is 1.03 bits per heavy atom. The number of aliphatic carboxylic acids is 1. The third kappa shape index (κ3) is 26.2. The van der Waals surface area contributed by atoms with Gasteiger partial charge < -0.3 is 96.1 Å². The summed E-state index contributed by atoms with van der Waals surface area (Å²) in [6, 6.07) is -4.59. The van der Waals surface area contributed by atoms with Crippen molar-refractivity contribution in [1.82, 2.24) is 63.0 Å². The molecule has 2 saturated heterocycles. The second kappa shape index (κ2) is 41.7. The van der Waals surface area contributed by atoms with Gasteiger partial charge in [-0.05, 0) is 113 Å². The smallest absolute Gasteiger partial charge is 0.326 e. The highest BCUT2D eigenvalue weighted by Crippen LogP contribution is 2.24. The van der Waals surface area contributed by atoms with Gasteiger partial charge in [0, 0.05) is 26.1 Å². The first kappa shape index (κ1) is 81.2. The standard InChI is InChI=1S/C64H109N17O14/c1-9-38(7)51(78-60(91)50(37(5)6)77-54(85)42(25-18-30-70-64(68)69)72-56(87)46-26-19-31-80(46)61(92)43(24-15-17-29-66)73-53(84)41(67)23-14-16-28-65)58(89)71-34-48(83)76-49(36(3)4)59(90)75-45(35-82)55(86)79-52(39(8)10-2)62(93)81-32-20-27-47(81)57(88)74-44(63(94)95)33-40-21-12-11-13-22-40/h11-13,21-22,36-39,41-47,49-52,82H,9-10,14-20,23-35,65-67H2,1-8H3,(H,71,89)(H,72,87)(H,73,84)(H,74,88)(H,75,90)(H,76,83)(H,77,85)(H,78,91)(H,79,86)(H,94,95)(H4,68,69,70)/t38-,39-,41-,42-,43-,44-,45-,46-,47-,49-,50-,51-,52-/m0/s1. The summed E-state index contributed by atoms with van der Waals surface area (Å²) in [6.07, 6.45) is 5.22. The van der Waals surface area contributed by atoms with Crippen LogP contribution in [-0.4, -0.2) is 209 Å². The second-order valence-electron chi connectivity index (χ2n) is 25.5. The molecule has 2 aliphatic rings. The summed E-state index contributed by atoms with van der Waals surface area (Å²) < 4.78 is 0. The minimum absolute atomic E-state index is 0.000959. The summed E-state index contributed by atoms with van der Waals surface area (Å²) in [5.41, 5.74) is 23.7. The summed E-state index contributed by atoms with van der Waals surface area (Å²) in [6.45, 7) is 13.1. The molecule has 31 nitrogen and oxygen atoms in total. The molecule has 21 N–H and O–H groups in total. The van der Waals surface area contributed by atoms with Crippen molar-refractivity contribution >= 4 is 76.9 Å². The predicted molar refractivity (Wildman–Crippen MR) is 354 cm³/mol. The Bertz CT molecular complexity index is 2730. The van der Waals surface area contributed by atoms with E-state index >= 15 is 0 Å². The van der Waals surface area contributed by atoms with Crippen molar-refractivity contribution in [2.24, 2.45) is 46.6 Å². The number of hydrogen-bond donors (Lipinski definition) is 17. The highest BCUT2D eigenvalue weighted by molar-refractivity contribution is 5.99. The summed E-state index contributed by atoms with van der Waals surface area (Å²) in [7, 11) is 0. The molecule has 2 aliphatic heterocycles. The van der Waals surface area contributed by atoms with Crippen LogP contribution in [0.15, 0.2) is 30.3 Å². The molecule has 534 valence electrons. The van der Waals surface area contributed by atoms with E-state index in [1.165, 1.54) is 9.80 Å². The molecule has 1 aromatic carbocycles. The van der Waals surface area contributed by atoms with Gasteiger partial charge >= 0.3 is 5.97 Å². The lowest BCUT2D eigenvalue weighted by Gasteiger charge is -2.32. The van der Waals surface area contributed by atoms with Gasteiger partial charge in [0.1, 0.15) is 60.4 Å². The maximum Gasteiger partial charge on any atom is 0.326 e. The normalized spacial score (nSPS) is 18.0. The van der Waals surface area contributed by atoms with Crippen LogP contribution >= 0.6 is 0 Å². The number of carboxylic acid groups (broad SMARTS) is 1. The zero-order chi connectivity index (χ0) is 71.1. The fourth-order valence-electron chi connectivity index (χ4n) is 11.2. The van der Waals surface area contributed by atoms with Crippen LogP contribution in [0, 0.1) is 29.1 Å². The van der Waals surface area contributed by atoms with Gasteiger partial charge in [-0.15, -0.1) is 0 Å². The molecule has 0 aliphatic carbocycles. The third-order valence-electron chi connectivity index (χ3n) is 17.4. The second-order valence-corrected chi connectivity index (χ2v) is 25.5. The Hall–Kier alpha value is -8.03. The van der Waals surface area contributed by atoms with Crippen LogP contribution in [0.4, 0.5) is 0 Å². The highest BCUT2D eigenvalue weighted by atomic mass is 16.4. The molecule has 0 radical (unpaired) electrons. The molecule has 11 amide bonds. The van der Waals surface area contributed by atoms with Gasteiger partial charge in [0.25, 0.3) is 0 Å². The molecule has 0 aromatic heterocycles. The van der Waals surface area contributed by atoms with Crippen LogP contribution in [0.1, 0.15) is 151 Å². The molecule has 2 heterocycles. The van der Waals surface area contributed by atoms with Gasteiger partial charge in [0.15, 0.2) is 5.96 Å². The number of guanidine groups is 1. The SMILES string of the molecule is CC[C@H](C)[C@H](NC(=O)[C@@H](NC(=O)[C@H](CCCNC(=N)N)NC(=O)[C@@H]1CCCN1C(=O)[C@H](CCCCN)NC(=O)[C@@H](N)CCCCN)C(C)C)C(=O)NCC(=O)N[C@H](C(=O)N[C@@H](CO)C(=O)N[C@H](C(=O)N1CCC[C@H]1C(=O)N[C@@H](Cc1ccccc1)C(=O)O)[C@@H](C)CC)C(C)C. The van der Waals surface area contributed by atoms with Crippen LogP contribution in [0.25, 0.3) is 0 Å². The number of likely N-dealkylation sites (tertiary alicyclic amines) is 2. The molecular formula is C64H109N17O14. The Kier molecular flexibility index (Phi) is 35.7. The van der Waals surface area contributed by atoms with Gasteiger partial charge in [-0.2, -0.15) is 0 Å². The number of carbonyl (C=O) groups is 12. The summed E-state index contributed by atoms with van der Waals surface area (Å²) >= 11 is 0. The fraction of sp³-hybridized carbons (Fsp3) is 0.703. The molecule has 2 fully saturated rings. The molecule has 3 rings (SSSR count). The molecule has 13 atom stereocenters. The molecule has 31 heteroatoms. The number of benzene rings is 1. The number of unbranched alkanes of at least 4 members (excludes halogenated alkanes) is 2. The number of nitrogens with zero attached hydrogens (tertiary/aromatic N) is 2. The zero-order valence-corrected chi connectivity index (χ0v) is 56.6. The maximum absolute atomic E-state index is 14.4. The third-order valence-corrected chi connectivity index (χ3v) is 17.4. The lowest BCUT2D eigenvalue weighted by atomic mass is 9.96. The van der Waals surface area contributed by atoms with Crippen molar-refractivity contribution in [3.05, 3.63) is 35.9 Å². The van der Waals surface area contributed by atoms with Crippen molar-refractivity contribution in [3.8, 4) is 0 Å². The molecular weight excluding hydrogens is 1230 g/mol. The number of carboxylic acids is 1. The predicted octanol–water partition coefficient (Wildman–Crippen LogP) is -2.46. The molecule has 0 bridgehead atoms. The molecule has 0 unspecified atom stereocenters. The maximum atomic E-state index is 14.4. The Morgan fingerprint density at radius 1 is 0.547 bits per heavy atom. The van der Waals surface area contributed by atoms with Crippen molar-refractivity contribution in [2.75, 3.05) is 45.9 Å². The minimum atomic E-state index is -1.63. The number of nitrogens with two attached hydrogens (primary N) is 4. The van der Waals surface area contributed by atoms with Crippen LogP contribution in [-0.2, 0) is 64.0 Å². The number of carbonyl (C=O) groups excluding carboxylic acids is 11. The number of rotatable bonds is 42. The van der Waals surface area contributed by atoms with Crippen LogP contribution in [0.3, 0.4) is 0 Å². The van der Waals surface area contributed by atoms with Crippen molar-refractivity contribution < 1.29 is 67.7 Å². The van der Waals surface area contributed by atoms with Crippen LogP contribution < -0.4 is 76.1 Å². The fourth-order valence-corrected chi connectivity index (χ4v) is 11.2. The average Bonchev–Trinajstić information content (AvgIpc) is 1.85. The van der Waals surface area contributed by atoms with Crippen molar-refractivity contribution in [2.45, 2.75) is 218 Å². The van der Waals surface area contributed by atoms with Crippen molar-refractivity contribution in [1.29, 1.82) is 5.41 Å². The zero-order valence-electron chi connectivity index (χ0n) is 56.6. The van der Waals surface area contributed by atoms with E-state index in [1.54, 1.807) is 85.7 Å². The van der Waals surface area contributed by atoms with E-state index < -0.39 is 174 Å². The number of hydrogen-bond acceptors (Lipinski definition) is 17. The number of aliphatic hydroxyl groups excluding tert-OH is 1. The average molecular weight is 1340 g/mol. The van der Waals surface area contributed by atoms with E-state index in [0.717, 1.165) is 0 Å².